The number of nitrogens with zero attached hydrogens (tertiary/aromatic N) is 2. The summed E-state index contributed by atoms with van der Waals surface area (Å²) in [5.74, 6) is 2.97. The summed E-state index contributed by atoms with van der Waals surface area (Å²) in [6.45, 7) is 0.547. The molecule has 0 aliphatic rings. The molecule has 0 spiro atoms. The minimum absolute atomic E-state index is 0.547. The van der Waals surface area contributed by atoms with Crippen molar-refractivity contribution in [2.24, 2.45) is 0 Å². The molecule has 3 aromatic carbocycles. The quantitative estimate of drug-likeness (QED) is 0.183. The summed E-state index contributed by atoms with van der Waals surface area (Å²) in [6, 6.07) is 23.8. The van der Waals surface area contributed by atoms with Gasteiger partial charge < -0.3 is 9.47 Å². The Morgan fingerprint density at radius 3 is 2.45 bits per heavy atom. The SMILES string of the molecule is COc1ccccc1OCCSc1nc(-c2ccccc2)nc2ccc(Br)cc12. The van der Waals surface area contributed by atoms with E-state index in [0.29, 0.717) is 6.61 Å². The minimum atomic E-state index is 0.547. The van der Waals surface area contributed by atoms with Gasteiger partial charge in [0, 0.05) is 21.2 Å². The number of thioether (sulfide) groups is 1. The van der Waals surface area contributed by atoms with Crippen molar-refractivity contribution in [2.75, 3.05) is 19.5 Å². The number of aromatic nitrogens is 2. The number of fused-ring (bicyclic) bond motifs is 1. The molecule has 4 nitrogen and oxygen atoms in total. The zero-order chi connectivity index (χ0) is 20.1. The van der Waals surface area contributed by atoms with Gasteiger partial charge >= 0.3 is 0 Å². The predicted molar refractivity (Wildman–Crippen MR) is 122 cm³/mol. The molecule has 146 valence electrons. The molecule has 0 amide bonds. The fourth-order valence-electron chi connectivity index (χ4n) is 2.93. The van der Waals surface area contributed by atoms with Crippen molar-refractivity contribution < 1.29 is 9.47 Å². The van der Waals surface area contributed by atoms with E-state index in [1.54, 1.807) is 18.9 Å². The van der Waals surface area contributed by atoms with Crippen molar-refractivity contribution in [3.05, 3.63) is 77.3 Å². The van der Waals surface area contributed by atoms with Gasteiger partial charge in [-0.05, 0) is 30.3 Å². The van der Waals surface area contributed by atoms with Crippen LogP contribution in [0.4, 0.5) is 0 Å². The molecule has 29 heavy (non-hydrogen) atoms. The molecule has 0 N–H and O–H groups in total. The van der Waals surface area contributed by atoms with E-state index >= 15 is 0 Å². The minimum Gasteiger partial charge on any atom is -0.493 e. The Bertz CT molecular complexity index is 1120. The van der Waals surface area contributed by atoms with Crippen LogP contribution in [0.5, 0.6) is 11.5 Å². The summed E-state index contributed by atoms with van der Waals surface area (Å²) in [5.41, 5.74) is 1.93. The van der Waals surface area contributed by atoms with Gasteiger partial charge in [0.2, 0.25) is 0 Å². The summed E-state index contributed by atoms with van der Waals surface area (Å²) < 4.78 is 12.2. The molecule has 4 rings (SSSR count). The highest BCUT2D eigenvalue weighted by Crippen LogP contribution is 2.31. The molecular formula is C23H19BrN2O2S. The van der Waals surface area contributed by atoms with E-state index in [2.05, 4.69) is 22.0 Å². The second-order valence-corrected chi connectivity index (χ2v) is 8.23. The molecule has 1 heterocycles. The molecule has 0 bridgehead atoms. The zero-order valence-electron chi connectivity index (χ0n) is 15.8. The van der Waals surface area contributed by atoms with E-state index in [4.69, 9.17) is 19.4 Å². The second-order valence-electron chi connectivity index (χ2n) is 6.23. The van der Waals surface area contributed by atoms with Gasteiger partial charge in [0.25, 0.3) is 0 Å². The van der Waals surface area contributed by atoms with Crippen LogP contribution in [0.1, 0.15) is 0 Å². The van der Waals surface area contributed by atoms with Crippen molar-refractivity contribution in [1.29, 1.82) is 0 Å². The molecule has 0 unspecified atom stereocenters. The lowest BCUT2D eigenvalue weighted by atomic mass is 10.2. The molecular weight excluding hydrogens is 448 g/mol. The molecule has 0 aliphatic heterocycles. The Labute approximate surface area is 182 Å². The van der Waals surface area contributed by atoms with Gasteiger partial charge in [0.05, 0.1) is 19.2 Å². The van der Waals surface area contributed by atoms with Crippen molar-refractivity contribution in [2.45, 2.75) is 5.03 Å². The first-order chi connectivity index (χ1) is 14.2. The largest absolute Gasteiger partial charge is 0.493 e. The molecule has 0 fully saturated rings. The fourth-order valence-corrected chi connectivity index (χ4v) is 4.12. The normalized spacial score (nSPS) is 10.8. The first-order valence-electron chi connectivity index (χ1n) is 9.16. The fraction of sp³-hybridized carbons (Fsp3) is 0.130. The van der Waals surface area contributed by atoms with Crippen molar-refractivity contribution in [1.82, 2.24) is 9.97 Å². The number of benzene rings is 3. The van der Waals surface area contributed by atoms with Crippen LogP contribution in [0, 0.1) is 0 Å². The van der Waals surface area contributed by atoms with Crippen LogP contribution in [0.3, 0.4) is 0 Å². The third kappa shape index (κ3) is 4.71. The molecule has 0 aliphatic carbocycles. The highest BCUT2D eigenvalue weighted by molar-refractivity contribution is 9.10. The van der Waals surface area contributed by atoms with Crippen LogP contribution in [0.25, 0.3) is 22.3 Å². The van der Waals surface area contributed by atoms with E-state index in [0.717, 1.165) is 49.0 Å². The molecule has 0 atom stereocenters. The van der Waals surface area contributed by atoms with E-state index in [1.807, 2.05) is 66.7 Å². The predicted octanol–water partition coefficient (Wildman–Crippen LogP) is 6.24. The maximum absolute atomic E-state index is 5.90. The van der Waals surface area contributed by atoms with Gasteiger partial charge in [-0.15, -0.1) is 11.8 Å². The average Bonchev–Trinajstić information content (AvgIpc) is 2.77. The molecule has 0 radical (unpaired) electrons. The van der Waals surface area contributed by atoms with Crippen LogP contribution in [-0.2, 0) is 0 Å². The Morgan fingerprint density at radius 1 is 0.897 bits per heavy atom. The highest BCUT2D eigenvalue weighted by atomic mass is 79.9. The molecule has 0 saturated carbocycles. The molecule has 4 aromatic rings. The van der Waals surface area contributed by atoms with Crippen LogP contribution < -0.4 is 9.47 Å². The number of methoxy groups -OCH3 is 1. The third-order valence-electron chi connectivity index (χ3n) is 4.30. The Balaban J connectivity index is 1.56. The molecule has 6 heteroatoms. The Morgan fingerprint density at radius 2 is 1.66 bits per heavy atom. The van der Waals surface area contributed by atoms with E-state index in [-0.39, 0.29) is 0 Å². The lowest BCUT2D eigenvalue weighted by molar-refractivity contribution is 0.313. The topological polar surface area (TPSA) is 44.2 Å². The smallest absolute Gasteiger partial charge is 0.161 e. The number of para-hydroxylation sites is 2. The Hall–Kier alpha value is -2.57. The summed E-state index contributed by atoms with van der Waals surface area (Å²) in [5, 5.41) is 1.97. The number of rotatable bonds is 7. The van der Waals surface area contributed by atoms with Gasteiger partial charge in [-0.1, -0.05) is 58.4 Å². The van der Waals surface area contributed by atoms with Crippen molar-refractivity contribution in [3.8, 4) is 22.9 Å². The van der Waals surface area contributed by atoms with Crippen LogP contribution in [0.15, 0.2) is 82.3 Å². The summed E-state index contributed by atoms with van der Waals surface area (Å²) >= 11 is 5.22. The number of hydrogen-bond acceptors (Lipinski definition) is 5. The maximum Gasteiger partial charge on any atom is 0.161 e. The summed E-state index contributed by atoms with van der Waals surface area (Å²) in [7, 11) is 1.65. The molecule has 1 aromatic heterocycles. The van der Waals surface area contributed by atoms with Crippen molar-refractivity contribution >= 4 is 38.6 Å². The molecule has 0 saturated heterocycles. The zero-order valence-corrected chi connectivity index (χ0v) is 18.2. The lowest BCUT2D eigenvalue weighted by Gasteiger charge is -2.11. The standard InChI is InChI=1S/C23H19BrN2O2S/c1-27-20-9-5-6-10-21(20)28-13-14-29-23-18-15-17(24)11-12-19(18)25-22(26-23)16-7-3-2-4-8-16/h2-12,15H,13-14H2,1H3. The third-order valence-corrected chi connectivity index (χ3v) is 5.75. The van der Waals surface area contributed by atoms with Crippen molar-refractivity contribution in [3.63, 3.8) is 0 Å². The van der Waals surface area contributed by atoms with Gasteiger partial charge in [-0.2, -0.15) is 0 Å². The number of hydrogen-bond donors (Lipinski definition) is 0. The number of halogens is 1. The first-order valence-corrected chi connectivity index (χ1v) is 10.9. The van der Waals surface area contributed by atoms with Gasteiger partial charge in [0.1, 0.15) is 5.03 Å². The first kappa shape index (κ1) is 19.7. The lowest BCUT2D eigenvalue weighted by Crippen LogP contribution is -2.02. The Kier molecular flexibility index (Phi) is 6.32. The van der Waals surface area contributed by atoms with Crippen LogP contribution >= 0.6 is 27.7 Å². The van der Waals surface area contributed by atoms with Gasteiger partial charge in [-0.25, -0.2) is 9.97 Å². The number of ether oxygens (including phenoxy) is 2. The maximum atomic E-state index is 5.90. The second kappa shape index (κ2) is 9.29. The average molecular weight is 467 g/mol. The van der Waals surface area contributed by atoms with Gasteiger partial charge in [0.15, 0.2) is 17.3 Å². The monoisotopic (exact) mass is 466 g/mol. The van der Waals surface area contributed by atoms with E-state index in [9.17, 15) is 0 Å². The summed E-state index contributed by atoms with van der Waals surface area (Å²) in [6.07, 6.45) is 0. The van der Waals surface area contributed by atoms with Gasteiger partial charge in [-0.3, -0.25) is 0 Å². The highest BCUT2D eigenvalue weighted by Gasteiger charge is 2.11. The van der Waals surface area contributed by atoms with Crippen LogP contribution in [0.2, 0.25) is 0 Å². The van der Waals surface area contributed by atoms with Crippen LogP contribution in [-0.4, -0.2) is 29.4 Å². The van der Waals surface area contributed by atoms with E-state index in [1.165, 1.54) is 0 Å². The summed E-state index contributed by atoms with van der Waals surface area (Å²) in [4.78, 5) is 9.59. The van der Waals surface area contributed by atoms with E-state index < -0.39 is 0 Å².